The summed E-state index contributed by atoms with van der Waals surface area (Å²) in [5, 5.41) is 0.663. The molecule has 0 fully saturated rings. The van der Waals surface area contributed by atoms with Crippen LogP contribution in [0.5, 0.6) is 5.75 Å². The van der Waals surface area contributed by atoms with Crippen LogP contribution in [0.4, 0.5) is 0 Å². The molecule has 0 aliphatic rings. The summed E-state index contributed by atoms with van der Waals surface area (Å²) in [6, 6.07) is 5.52. The van der Waals surface area contributed by atoms with E-state index in [1.165, 1.54) is 12.0 Å². The molecule has 0 heterocycles. The van der Waals surface area contributed by atoms with Crippen molar-refractivity contribution in [1.82, 2.24) is 0 Å². The van der Waals surface area contributed by atoms with Gasteiger partial charge in [-0.1, -0.05) is 30.3 Å². The van der Waals surface area contributed by atoms with Crippen LogP contribution in [0.25, 0.3) is 6.08 Å². The quantitative estimate of drug-likeness (QED) is 0.689. The average Bonchev–Trinajstić information content (AvgIpc) is 2.05. The molecule has 0 aromatic heterocycles. The Labute approximate surface area is 81.6 Å². The third-order valence-corrected chi connectivity index (χ3v) is 2.07. The van der Waals surface area contributed by atoms with Crippen molar-refractivity contribution in [3.8, 4) is 5.75 Å². The van der Waals surface area contributed by atoms with Gasteiger partial charge in [-0.15, -0.1) is 0 Å². The average molecular weight is 201 g/mol. The van der Waals surface area contributed by atoms with Gasteiger partial charge in [-0.05, 0) is 12.1 Å². The lowest BCUT2D eigenvalue weighted by molar-refractivity contribution is 0.648. The predicted molar refractivity (Wildman–Crippen MR) is 55.7 cm³/mol. The van der Waals surface area contributed by atoms with Crippen molar-refractivity contribution < 1.29 is 4.18 Å². The Kier molecular flexibility index (Phi) is 3.50. The SMILES string of the molecule is C=Cc1c(Cl)cccc1OSC. The lowest BCUT2D eigenvalue weighted by Crippen LogP contribution is -1.84. The number of halogens is 1. The van der Waals surface area contributed by atoms with Crippen LogP contribution in [0.1, 0.15) is 5.56 Å². The Morgan fingerprint density at radius 2 is 2.33 bits per heavy atom. The van der Waals surface area contributed by atoms with E-state index in [0.717, 1.165) is 11.3 Å². The van der Waals surface area contributed by atoms with Crippen LogP contribution >= 0.6 is 23.6 Å². The summed E-state index contributed by atoms with van der Waals surface area (Å²) in [7, 11) is 0. The van der Waals surface area contributed by atoms with E-state index in [4.69, 9.17) is 15.8 Å². The highest BCUT2D eigenvalue weighted by molar-refractivity contribution is 7.94. The Balaban J connectivity index is 3.09. The minimum atomic E-state index is 0.663. The third kappa shape index (κ3) is 1.96. The Hall–Kier alpha value is -0.600. The van der Waals surface area contributed by atoms with Gasteiger partial charge in [0.05, 0.1) is 17.1 Å². The van der Waals surface area contributed by atoms with Crippen molar-refractivity contribution >= 4 is 29.7 Å². The van der Waals surface area contributed by atoms with Gasteiger partial charge in [0.25, 0.3) is 0 Å². The molecule has 0 unspecified atom stereocenters. The normalized spacial score (nSPS) is 9.50. The van der Waals surface area contributed by atoms with Crippen molar-refractivity contribution in [1.29, 1.82) is 0 Å². The molecule has 0 bridgehead atoms. The molecule has 0 atom stereocenters. The Morgan fingerprint density at radius 1 is 1.58 bits per heavy atom. The summed E-state index contributed by atoms with van der Waals surface area (Å²) in [5.74, 6) is 0.755. The summed E-state index contributed by atoms with van der Waals surface area (Å²) in [6.07, 6.45) is 3.54. The van der Waals surface area contributed by atoms with E-state index < -0.39 is 0 Å². The topological polar surface area (TPSA) is 9.23 Å². The molecule has 1 aromatic rings. The summed E-state index contributed by atoms with van der Waals surface area (Å²) in [6.45, 7) is 3.66. The van der Waals surface area contributed by atoms with Crippen molar-refractivity contribution in [2.24, 2.45) is 0 Å². The molecule has 0 radical (unpaired) electrons. The van der Waals surface area contributed by atoms with Crippen LogP contribution in [0, 0.1) is 0 Å². The maximum Gasteiger partial charge on any atom is 0.146 e. The molecular formula is C9H9ClOS. The fourth-order valence-corrected chi connectivity index (χ4v) is 1.45. The Bertz CT molecular complexity index is 286. The van der Waals surface area contributed by atoms with Gasteiger partial charge in [0.15, 0.2) is 0 Å². The summed E-state index contributed by atoms with van der Waals surface area (Å²) < 4.78 is 5.27. The monoisotopic (exact) mass is 200 g/mol. The van der Waals surface area contributed by atoms with Crippen LogP contribution in [-0.4, -0.2) is 6.26 Å². The molecule has 0 aliphatic heterocycles. The fraction of sp³-hybridized carbons (Fsp3) is 0.111. The molecule has 1 rings (SSSR count). The second-order valence-corrected chi connectivity index (χ2v) is 3.01. The number of hydrogen-bond acceptors (Lipinski definition) is 2. The molecule has 3 heteroatoms. The van der Waals surface area contributed by atoms with Crippen LogP contribution < -0.4 is 4.18 Å². The van der Waals surface area contributed by atoms with Gasteiger partial charge in [-0.3, -0.25) is 0 Å². The standard InChI is InChI=1S/C9H9ClOS/c1-3-7-8(10)5-4-6-9(7)11-12-2/h3-6H,1H2,2H3. The number of rotatable bonds is 3. The van der Waals surface area contributed by atoms with Crippen molar-refractivity contribution in [2.45, 2.75) is 0 Å². The van der Waals surface area contributed by atoms with Gasteiger partial charge < -0.3 is 4.18 Å². The second kappa shape index (κ2) is 4.43. The zero-order valence-electron chi connectivity index (χ0n) is 6.71. The zero-order valence-corrected chi connectivity index (χ0v) is 8.28. The van der Waals surface area contributed by atoms with E-state index in [-0.39, 0.29) is 0 Å². The molecule has 0 saturated carbocycles. The predicted octanol–water partition coefficient (Wildman–Crippen LogP) is 3.64. The van der Waals surface area contributed by atoms with Crippen LogP contribution in [0.3, 0.4) is 0 Å². The molecule has 1 aromatic carbocycles. The molecular weight excluding hydrogens is 192 g/mol. The molecule has 0 saturated heterocycles. The van der Waals surface area contributed by atoms with Crippen LogP contribution in [-0.2, 0) is 0 Å². The first-order valence-corrected chi connectivity index (χ1v) is 4.94. The van der Waals surface area contributed by atoms with E-state index in [0.29, 0.717) is 5.02 Å². The lowest BCUT2D eigenvalue weighted by atomic mass is 10.2. The third-order valence-electron chi connectivity index (χ3n) is 1.39. The Morgan fingerprint density at radius 3 is 2.92 bits per heavy atom. The van der Waals surface area contributed by atoms with Gasteiger partial charge in [-0.2, -0.15) is 0 Å². The summed E-state index contributed by atoms with van der Waals surface area (Å²) in [5.41, 5.74) is 0.841. The highest BCUT2D eigenvalue weighted by Crippen LogP contribution is 2.28. The highest BCUT2D eigenvalue weighted by atomic mass is 35.5. The number of hydrogen-bond donors (Lipinski definition) is 0. The van der Waals surface area contributed by atoms with E-state index in [2.05, 4.69) is 6.58 Å². The zero-order chi connectivity index (χ0) is 8.97. The highest BCUT2D eigenvalue weighted by Gasteiger charge is 2.03. The molecule has 0 amide bonds. The summed E-state index contributed by atoms with van der Waals surface area (Å²) in [4.78, 5) is 0. The summed E-state index contributed by atoms with van der Waals surface area (Å²) >= 11 is 7.19. The van der Waals surface area contributed by atoms with Crippen molar-refractivity contribution in [2.75, 3.05) is 6.26 Å². The second-order valence-electron chi connectivity index (χ2n) is 2.11. The van der Waals surface area contributed by atoms with E-state index in [9.17, 15) is 0 Å². The van der Waals surface area contributed by atoms with Gasteiger partial charge in [0.1, 0.15) is 5.75 Å². The number of benzene rings is 1. The molecule has 0 spiro atoms. The lowest BCUT2D eigenvalue weighted by Gasteiger charge is -2.05. The van der Waals surface area contributed by atoms with Crippen molar-refractivity contribution in [3.63, 3.8) is 0 Å². The first-order chi connectivity index (χ1) is 5.79. The van der Waals surface area contributed by atoms with E-state index in [1.807, 2.05) is 24.5 Å². The molecule has 12 heavy (non-hydrogen) atoms. The van der Waals surface area contributed by atoms with Crippen molar-refractivity contribution in [3.05, 3.63) is 35.4 Å². The fourth-order valence-electron chi connectivity index (χ4n) is 0.878. The van der Waals surface area contributed by atoms with E-state index in [1.54, 1.807) is 6.08 Å². The molecule has 1 nitrogen and oxygen atoms in total. The smallest absolute Gasteiger partial charge is 0.146 e. The van der Waals surface area contributed by atoms with Crippen LogP contribution in [0.2, 0.25) is 5.02 Å². The van der Waals surface area contributed by atoms with E-state index >= 15 is 0 Å². The maximum absolute atomic E-state index is 5.90. The first kappa shape index (κ1) is 9.49. The minimum absolute atomic E-state index is 0.663. The molecule has 64 valence electrons. The molecule has 0 N–H and O–H groups in total. The first-order valence-electron chi connectivity index (χ1n) is 3.41. The van der Waals surface area contributed by atoms with Gasteiger partial charge in [0.2, 0.25) is 0 Å². The molecule has 0 aliphatic carbocycles. The maximum atomic E-state index is 5.90. The van der Waals surface area contributed by atoms with Gasteiger partial charge >= 0.3 is 0 Å². The minimum Gasteiger partial charge on any atom is -0.425 e. The largest absolute Gasteiger partial charge is 0.425 e. The van der Waals surface area contributed by atoms with Gasteiger partial charge in [0, 0.05) is 11.8 Å². The van der Waals surface area contributed by atoms with Crippen LogP contribution in [0.15, 0.2) is 24.8 Å². The van der Waals surface area contributed by atoms with Gasteiger partial charge in [-0.25, -0.2) is 0 Å².